The summed E-state index contributed by atoms with van der Waals surface area (Å²) in [5.74, 6) is -0.585. The number of H-pyrrole nitrogens is 1. The summed E-state index contributed by atoms with van der Waals surface area (Å²) in [6.45, 7) is 1.85. The molecule has 0 saturated carbocycles. The molecule has 0 aliphatic carbocycles. The Hall–Kier alpha value is -2.05. The van der Waals surface area contributed by atoms with Crippen LogP contribution in [0.3, 0.4) is 0 Å². The predicted molar refractivity (Wildman–Crippen MR) is 79.1 cm³/mol. The summed E-state index contributed by atoms with van der Waals surface area (Å²) < 4.78 is 13.2. The highest BCUT2D eigenvalue weighted by Crippen LogP contribution is 2.25. The average molecular weight is 304 g/mol. The molecule has 0 radical (unpaired) electrons. The van der Waals surface area contributed by atoms with Crippen LogP contribution in [0.4, 0.5) is 4.39 Å². The molecule has 3 aromatic rings. The number of nitrogens with one attached hydrogen (secondary N) is 1. The van der Waals surface area contributed by atoms with Crippen LogP contribution in [0.5, 0.6) is 0 Å². The monoisotopic (exact) mass is 304 g/mol. The maximum absolute atomic E-state index is 13.2. The molecule has 21 heavy (non-hydrogen) atoms. The van der Waals surface area contributed by atoms with E-state index in [-0.39, 0.29) is 11.6 Å². The molecule has 0 aliphatic heterocycles. The van der Waals surface area contributed by atoms with Gasteiger partial charge in [0.25, 0.3) is 0 Å². The Morgan fingerprint density at radius 3 is 3.10 bits per heavy atom. The summed E-state index contributed by atoms with van der Waals surface area (Å²) in [5.41, 5.74) is 1.54. The SMILES string of the molecule is CCC(O)c1csc(C(=O)c2c[nH]c3cc(F)ccc23)n1. The molecular weight excluding hydrogens is 291 g/mol. The van der Waals surface area contributed by atoms with Gasteiger partial charge in [0.1, 0.15) is 5.82 Å². The van der Waals surface area contributed by atoms with Gasteiger partial charge in [0.15, 0.2) is 5.01 Å². The Labute approximate surface area is 124 Å². The van der Waals surface area contributed by atoms with Crippen molar-refractivity contribution in [3.63, 3.8) is 0 Å². The van der Waals surface area contributed by atoms with Crippen LogP contribution in [0, 0.1) is 5.82 Å². The van der Waals surface area contributed by atoms with Gasteiger partial charge >= 0.3 is 0 Å². The minimum Gasteiger partial charge on any atom is -0.387 e. The highest BCUT2D eigenvalue weighted by molar-refractivity contribution is 7.12. The third kappa shape index (κ3) is 2.48. The van der Waals surface area contributed by atoms with Crippen molar-refractivity contribution in [3.8, 4) is 0 Å². The molecule has 3 rings (SSSR count). The van der Waals surface area contributed by atoms with Crippen LogP contribution in [0.1, 0.15) is 40.5 Å². The van der Waals surface area contributed by atoms with E-state index in [1.807, 2.05) is 6.92 Å². The maximum atomic E-state index is 13.2. The van der Waals surface area contributed by atoms with E-state index >= 15 is 0 Å². The van der Waals surface area contributed by atoms with Crippen LogP contribution in [0.15, 0.2) is 29.8 Å². The molecule has 0 fully saturated rings. The fraction of sp³-hybridized carbons (Fsp3) is 0.200. The Balaban J connectivity index is 1.98. The quantitative estimate of drug-likeness (QED) is 0.726. The number of benzene rings is 1. The third-order valence-electron chi connectivity index (χ3n) is 3.33. The molecule has 2 N–H and O–H groups in total. The van der Waals surface area contributed by atoms with Crippen molar-refractivity contribution in [2.75, 3.05) is 0 Å². The lowest BCUT2D eigenvalue weighted by Gasteiger charge is -2.01. The number of fused-ring (bicyclic) bond motifs is 1. The Kier molecular flexibility index (Phi) is 3.57. The summed E-state index contributed by atoms with van der Waals surface area (Å²) in [7, 11) is 0. The second kappa shape index (κ2) is 5.38. The van der Waals surface area contributed by atoms with Crippen molar-refractivity contribution in [3.05, 3.63) is 51.9 Å². The van der Waals surface area contributed by atoms with E-state index in [1.165, 1.54) is 23.5 Å². The van der Waals surface area contributed by atoms with Gasteiger partial charge in [-0.15, -0.1) is 11.3 Å². The van der Waals surface area contributed by atoms with Gasteiger partial charge in [-0.2, -0.15) is 0 Å². The van der Waals surface area contributed by atoms with Crippen LogP contribution in [0.2, 0.25) is 0 Å². The summed E-state index contributed by atoms with van der Waals surface area (Å²) in [4.78, 5) is 19.6. The van der Waals surface area contributed by atoms with Gasteiger partial charge in [-0.1, -0.05) is 6.92 Å². The normalized spacial score (nSPS) is 12.7. The molecule has 0 aliphatic rings. The standard InChI is InChI=1S/C15H13FN2O2S/c1-2-13(19)12-7-21-15(18-12)14(20)10-6-17-11-5-8(16)3-4-9(10)11/h3-7,13,17,19H,2H2,1H3. The Morgan fingerprint density at radius 1 is 1.52 bits per heavy atom. The zero-order chi connectivity index (χ0) is 15.0. The molecule has 0 bridgehead atoms. The van der Waals surface area contributed by atoms with Gasteiger partial charge in [-0.3, -0.25) is 4.79 Å². The number of ketones is 1. The van der Waals surface area contributed by atoms with Crippen molar-refractivity contribution >= 4 is 28.0 Å². The Morgan fingerprint density at radius 2 is 2.33 bits per heavy atom. The van der Waals surface area contributed by atoms with E-state index in [1.54, 1.807) is 17.6 Å². The van der Waals surface area contributed by atoms with Crippen LogP contribution >= 0.6 is 11.3 Å². The van der Waals surface area contributed by atoms with Gasteiger partial charge in [0.2, 0.25) is 5.78 Å². The summed E-state index contributed by atoms with van der Waals surface area (Å²) in [6, 6.07) is 4.24. The van der Waals surface area contributed by atoms with E-state index in [2.05, 4.69) is 9.97 Å². The number of rotatable bonds is 4. The van der Waals surface area contributed by atoms with Gasteiger partial charge in [0.05, 0.1) is 17.4 Å². The number of halogens is 1. The van der Waals surface area contributed by atoms with Crippen molar-refractivity contribution < 1.29 is 14.3 Å². The van der Waals surface area contributed by atoms with Gasteiger partial charge in [-0.05, 0) is 24.6 Å². The van der Waals surface area contributed by atoms with Crippen LogP contribution < -0.4 is 0 Å². The number of thiazole rings is 1. The number of hydrogen-bond donors (Lipinski definition) is 2. The van der Waals surface area contributed by atoms with Crippen LogP contribution in [-0.4, -0.2) is 20.9 Å². The van der Waals surface area contributed by atoms with E-state index in [0.29, 0.717) is 33.6 Å². The van der Waals surface area contributed by atoms with Crippen molar-refractivity contribution in [1.82, 2.24) is 9.97 Å². The number of carbonyl (C=O) groups excluding carboxylic acids is 1. The molecule has 108 valence electrons. The second-order valence-electron chi connectivity index (χ2n) is 4.72. The molecule has 0 spiro atoms. The average Bonchev–Trinajstić information content (AvgIpc) is 3.12. The number of aromatic nitrogens is 2. The first-order chi connectivity index (χ1) is 10.1. The molecule has 2 aromatic heterocycles. The number of nitrogens with zero attached hydrogens (tertiary/aromatic N) is 1. The molecular formula is C15H13FN2O2S. The Bertz CT molecular complexity index is 809. The smallest absolute Gasteiger partial charge is 0.223 e. The van der Waals surface area contributed by atoms with E-state index in [4.69, 9.17) is 0 Å². The third-order valence-corrected chi connectivity index (χ3v) is 4.19. The molecule has 1 unspecified atom stereocenters. The highest BCUT2D eigenvalue weighted by atomic mass is 32.1. The topological polar surface area (TPSA) is 66.0 Å². The minimum absolute atomic E-state index is 0.229. The van der Waals surface area contributed by atoms with Gasteiger partial charge in [-0.25, -0.2) is 9.37 Å². The van der Waals surface area contributed by atoms with Crippen molar-refractivity contribution in [2.45, 2.75) is 19.4 Å². The maximum Gasteiger partial charge on any atom is 0.223 e. The number of hydrogen-bond acceptors (Lipinski definition) is 4. The molecule has 1 atom stereocenters. The number of aliphatic hydroxyl groups excluding tert-OH is 1. The highest BCUT2D eigenvalue weighted by Gasteiger charge is 2.19. The van der Waals surface area contributed by atoms with E-state index < -0.39 is 6.10 Å². The summed E-state index contributed by atoms with van der Waals surface area (Å²) in [6.07, 6.45) is 1.45. The van der Waals surface area contributed by atoms with E-state index in [9.17, 15) is 14.3 Å². The van der Waals surface area contributed by atoms with Crippen molar-refractivity contribution in [1.29, 1.82) is 0 Å². The number of aliphatic hydroxyl groups is 1. The largest absolute Gasteiger partial charge is 0.387 e. The van der Waals surface area contributed by atoms with Crippen LogP contribution in [-0.2, 0) is 0 Å². The predicted octanol–water partition coefficient (Wildman–Crippen LogP) is 3.44. The second-order valence-corrected chi connectivity index (χ2v) is 5.58. The van der Waals surface area contributed by atoms with Gasteiger partial charge in [0, 0.05) is 22.5 Å². The van der Waals surface area contributed by atoms with Crippen molar-refractivity contribution in [2.24, 2.45) is 0 Å². The molecule has 6 heteroatoms. The first-order valence-corrected chi connectivity index (χ1v) is 7.43. The summed E-state index contributed by atoms with van der Waals surface area (Å²) in [5, 5.41) is 12.4. The fourth-order valence-electron chi connectivity index (χ4n) is 2.15. The molecule has 0 amide bonds. The molecule has 2 heterocycles. The fourth-order valence-corrected chi connectivity index (χ4v) is 2.97. The van der Waals surface area contributed by atoms with Gasteiger partial charge < -0.3 is 10.1 Å². The zero-order valence-electron chi connectivity index (χ0n) is 11.3. The molecule has 4 nitrogen and oxygen atoms in total. The minimum atomic E-state index is -0.653. The number of aromatic amines is 1. The lowest BCUT2D eigenvalue weighted by atomic mass is 10.1. The molecule has 0 saturated heterocycles. The lowest BCUT2D eigenvalue weighted by molar-refractivity contribution is 0.103. The first kappa shape index (κ1) is 13.9. The zero-order valence-corrected chi connectivity index (χ0v) is 12.1. The van der Waals surface area contributed by atoms with E-state index in [0.717, 1.165) is 0 Å². The van der Waals surface area contributed by atoms with Crippen LogP contribution in [0.25, 0.3) is 10.9 Å². The molecule has 1 aromatic carbocycles. The first-order valence-electron chi connectivity index (χ1n) is 6.55. The summed E-state index contributed by atoms with van der Waals surface area (Å²) >= 11 is 1.20. The number of carbonyl (C=O) groups is 1. The lowest BCUT2D eigenvalue weighted by Crippen LogP contribution is -2.02.